The summed E-state index contributed by atoms with van der Waals surface area (Å²) in [6.45, 7) is 1.00. The first-order chi connectivity index (χ1) is 11.1. The lowest BCUT2D eigenvalue weighted by atomic mass is 9.95. The van der Waals surface area contributed by atoms with Crippen LogP contribution in [0.4, 0.5) is 0 Å². The van der Waals surface area contributed by atoms with E-state index in [1.54, 1.807) is 11.8 Å². The van der Waals surface area contributed by atoms with Crippen LogP contribution in [0.5, 0.6) is 0 Å². The molecule has 0 bridgehead atoms. The van der Waals surface area contributed by atoms with Crippen LogP contribution >= 0.6 is 23.4 Å². The van der Waals surface area contributed by atoms with Crippen LogP contribution in [0.25, 0.3) is 0 Å². The molecule has 0 aliphatic heterocycles. The van der Waals surface area contributed by atoms with Gasteiger partial charge in [0.25, 0.3) is 0 Å². The average Bonchev–Trinajstić information content (AvgIpc) is 2.54. The molecular weight excluding hydrogens is 324 g/mol. The third kappa shape index (κ3) is 5.58. The molecule has 0 N–H and O–H groups in total. The lowest BCUT2D eigenvalue weighted by Crippen LogP contribution is -2.13. The zero-order valence-corrected chi connectivity index (χ0v) is 15.1. The maximum absolute atomic E-state index is 9.58. The van der Waals surface area contributed by atoms with Crippen molar-refractivity contribution in [2.45, 2.75) is 28.6 Å². The van der Waals surface area contributed by atoms with Crippen LogP contribution in [-0.4, -0.2) is 25.5 Å². The molecule has 0 fully saturated rings. The maximum Gasteiger partial charge on any atom is 0.0724 e. The molecular formula is C19H21ClN2S. The molecule has 0 spiro atoms. The van der Waals surface area contributed by atoms with Crippen molar-refractivity contribution in [1.82, 2.24) is 4.90 Å². The van der Waals surface area contributed by atoms with Gasteiger partial charge in [-0.2, -0.15) is 5.26 Å². The van der Waals surface area contributed by atoms with Crippen molar-refractivity contribution >= 4 is 23.4 Å². The standard InChI is InChI=1S/C19H21ClN2S/c1-22(2)13-5-6-15(14-21)18-7-3-4-8-19(18)23-17-11-9-16(20)10-12-17/h3-4,7-12,15H,5-6,13H2,1-2H3. The van der Waals surface area contributed by atoms with Gasteiger partial charge in [0.1, 0.15) is 0 Å². The van der Waals surface area contributed by atoms with Crippen LogP contribution in [-0.2, 0) is 0 Å². The fourth-order valence-corrected chi connectivity index (χ4v) is 3.52. The molecule has 4 heteroatoms. The second-order valence-electron chi connectivity index (χ2n) is 5.72. The van der Waals surface area contributed by atoms with Crippen LogP contribution in [0.1, 0.15) is 24.3 Å². The van der Waals surface area contributed by atoms with Crippen molar-refractivity contribution in [2.75, 3.05) is 20.6 Å². The Morgan fingerprint density at radius 1 is 1.13 bits per heavy atom. The second-order valence-corrected chi connectivity index (χ2v) is 7.27. The molecule has 2 aromatic rings. The van der Waals surface area contributed by atoms with E-state index < -0.39 is 0 Å². The molecule has 2 aromatic carbocycles. The van der Waals surface area contributed by atoms with Crippen LogP contribution in [0.3, 0.4) is 0 Å². The molecule has 2 nitrogen and oxygen atoms in total. The van der Waals surface area contributed by atoms with E-state index in [1.165, 1.54) is 0 Å². The fourth-order valence-electron chi connectivity index (χ4n) is 2.39. The first-order valence-corrected chi connectivity index (χ1v) is 8.86. The van der Waals surface area contributed by atoms with Gasteiger partial charge < -0.3 is 4.90 Å². The smallest absolute Gasteiger partial charge is 0.0724 e. The number of hydrogen-bond acceptors (Lipinski definition) is 3. The average molecular weight is 345 g/mol. The third-order valence-corrected chi connectivity index (χ3v) is 4.94. The first kappa shape index (κ1) is 17.9. The highest BCUT2D eigenvalue weighted by molar-refractivity contribution is 7.99. The van der Waals surface area contributed by atoms with Crippen molar-refractivity contribution in [3.8, 4) is 6.07 Å². The molecule has 0 saturated heterocycles. The number of hydrogen-bond donors (Lipinski definition) is 0. The quantitative estimate of drug-likeness (QED) is 0.669. The number of nitriles is 1. The normalized spacial score (nSPS) is 12.1. The Balaban J connectivity index is 2.15. The minimum absolute atomic E-state index is 0.0639. The third-order valence-electron chi connectivity index (χ3n) is 3.59. The lowest BCUT2D eigenvalue weighted by Gasteiger charge is -2.15. The highest BCUT2D eigenvalue weighted by Gasteiger charge is 2.15. The van der Waals surface area contributed by atoms with E-state index in [0.29, 0.717) is 0 Å². The predicted molar refractivity (Wildman–Crippen MR) is 98.2 cm³/mol. The van der Waals surface area contributed by atoms with Crippen molar-refractivity contribution in [3.63, 3.8) is 0 Å². The number of nitrogens with zero attached hydrogens (tertiary/aromatic N) is 2. The van der Waals surface area contributed by atoms with Crippen LogP contribution in [0.15, 0.2) is 58.3 Å². The van der Waals surface area contributed by atoms with E-state index in [1.807, 2.05) is 36.4 Å². The monoisotopic (exact) mass is 344 g/mol. The topological polar surface area (TPSA) is 27.0 Å². The van der Waals surface area contributed by atoms with Gasteiger partial charge in [-0.15, -0.1) is 0 Å². The molecule has 0 aromatic heterocycles. The number of halogens is 1. The molecule has 1 unspecified atom stereocenters. The summed E-state index contributed by atoms with van der Waals surface area (Å²) in [7, 11) is 4.12. The molecule has 23 heavy (non-hydrogen) atoms. The zero-order chi connectivity index (χ0) is 16.7. The Labute approximate surface area is 148 Å². The minimum Gasteiger partial charge on any atom is -0.309 e. The summed E-state index contributed by atoms with van der Waals surface area (Å²) in [5.74, 6) is -0.0639. The predicted octanol–water partition coefficient (Wildman–Crippen LogP) is 5.44. The van der Waals surface area contributed by atoms with E-state index in [4.69, 9.17) is 11.6 Å². The summed E-state index contributed by atoms with van der Waals surface area (Å²) < 4.78 is 0. The molecule has 0 radical (unpaired) electrons. The molecule has 0 aliphatic rings. The highest BCUT2D eigenvalue weighted by atomic mass is 35.5. The lowest BCUT2D eigenvalue weighted by molar-refractivity contribution is 0.391. The van der Waals surface area contributed by atoms with E-state index in [2.05, 4.69) is 37.2 Å². The summed E-state index contributed by atoms with van der Waals surface area (Å²) in [4.78, 5) is 4.43. The van der Waals surface area contributed by atoms with Gasteiger partial charge in [-0.05, 0) is 69.4 Å². The van der Waals surface area contributed by atoms with Gasteiger partial charge in [-0.1, -0.05) is 41.6 Å². The molecule has 0 aliphatic carbocycles. The molecule has 0 saturated carbocycles. The van der Waals surface area contributed by atoms with E-state index in [0.717, 1.165) is 39.8 Å². The molecule has 120 valence electrons. The van der Waals surface area contributed by atoms with Gasteiger partial charge in [0, 0.05) is 14.8 Å². The van der Waals surface area contributed by atoms with Crippen molar-refractivity contribution in [3.05, 3.63) is 59.1 Å². The summed E-state index contributed by atoms with van der Waals surface area (Å²) >= 11 is 7.63. The maximum atomic E-state index is 9.58. The van der Waals surface area contributed by atoms with E-state index >= 15 is 0 Å². The summed E-state index contributed by atoms with van der Waals surface area (Å²) in [5.41, 5.74) is 1.12. The largest absolute Gasteiger partial charge is 0.309 e. The first-order valence-electron chi connectivity index (χ1n) is 7.67. The zero-order valence-electron chi connectivity index (χ0n) is 13.5. The summed E-state index contributed by atoms with van der Waals surface area (Å²) in [6.07, 6.45) is 1.90. The Kier molecular flexibility index (Phi) is 6.98. The van der Waals surface area contributed by atoms with E-state index in [9.17, 15) is 5.26 Å². The molecule has 2 rings (SSSR count). The molecule has 0 heterocycles. The Bertz CT molecular complexity index is 662. The van der Waals surface area contributed by atoms with Gasteiger partial charge in [-0.3, -0.25) is 0 Å². The number of rotatable bonds is 7. The Morgan fingerprint density at radius 2 is 1.83 bits per heavy atom. The van der Waals surface area contributed by atoms with Crippen molar-refractivity contribution in [2.24, 2.45) is 0 Å². The fraction of sp³-hybridized carbons (Fsp3) is 0.316. The second kappa shape index (κ2) is 8.98. The minimum atomic E-state index is -0.0639. The summed E-state index contributed by atoms with van der Waals surface area (Å²) in [6, 6.07) is 18.5. The number of benzene rings is 2. The van der Waals surface area contributed by atoms with Gasteiger partial charge in [-0.25, -0.2) is 0 Å². The van der Waals surface area contributed by atoms with E-state index in [-0.39, 0.29) is 5.92 Å². The van der Waals surface area contributed by atoms with Gasteiger partial charge >= 0.3 is 0 Å². The Hall–Kier alpha value is -1.47. The molecule has 1 atom stereocenters. The highest BCUT2D eigenvalue weighted by Crippen LogP contribution is 2.35. The SMILES string of the molecule is CN(C)CCCC(C#N)c1ccccc1Sc1ccc(Cl)cc1. The summed E-state index contributed by atoms with van der Waals surface area (Å²) in [5, 5.41) is 10.3. The van der Waals surface area contributed by atoms with Crippen molar-refractivity contribution < 1.29 is 0 Å². The van der Waals surface area contributed by atoms with Gasteiger partial charge in [0.15, 0.2) is 0 Å². The Morgan fingerprint density at radius 3 is 2.48 bits per heavy atom. The van der Waals surface area contributed by atoms with Crippen molar-refractivity contribution in [1.29, 1.82) is 5.26 Å². The van der Waals surface area contributed by atoms with Crippen LogP contribution < -0.4 is 0 Å². The van der Waals surface area contributed by atoms with Crippen LogP contribution in [0, 0.1) is 11.3 Å². The van der Waals surface area contributed by atoms with Crippen LogP contribution in [0.2, 0.25) is 5.02 Å². The van der Waals surface area contributed by atoms with Gasteiger partial charge in [0.05, 0.1) is 12.0 Å². The van der Waals surface area contributed by atoms with Gasteiger partial charge in [0.2, 0.25) is 0 Å². The molecule has 0 amide bonds.